The molecule has 4 heteroatoms. The van der Waals surface area contributed by atoms with Crippen molar-refractivity contribution in [2.75, 3.05) is 4.90 Å². The van der Waals surface area contributed by atoms with Crippen LogP contribution in [0.3, 0.4) is 0 Å². The Morgan fingerprint density at radius 3 is 2.08 bits per heavy atom. The van der Waals surface area contributed by atoms with E-state index in [1.165, 1.54) is 5.56 Å². The van der Waals surface area contributed by atoms with E-state index in [0.29, 0.717) is 11.7 Å². The summed E-state index contributed by atoms with van der Waals surface area (Å²) in [5, 5.41) is 3.10. The number of hydrogen-bond donors (Lipinski definition) is 0. The SMILES string of the molecule is C1=CC(c2ccccc2)CC=C1N(c1ccccc1)c1ccc(-c2nc(-c3ccccc3)c3ccccc3n2)c2oc3ccccc3c12. The minimum atomic E-state index is 0.341. The van der Waals surface area contributed by atoms with E-state index in [0.717, 1.165) is 73.2 Å². The predicted molar refractivity (Wildman–Crippen MR) is 197 cm³/mol. The van der Waals surface area contributed by atoms with Crippen LogP contribution in [0.2, 0.25) is 0 Å². The molecule has 9 rings (SSSR count). The molecule has 2 heterocycles. The van der Waals surface area contributed by atoms with Crippen LogP contribution in [0.4, 0.5) is 11.4 Å². The smallest absolute Gasteiger partial charge is 0.164 e. The third-order valence-corrected chi connectivity index (χ3v) is 9.22. The van der Waals surface area contributed by atoms with Gasteiger partial charge in [-0.2, -0.15) is 0 Å². The minimum Gasteiger partial charge on any atom is -0.455 e. The zero-order chi connectivity index (χ0) is 31.9. The second-order valence-corrected chi connectivity index (χ2v) is 12.1. The number of furan rings is 1. The van der Waals surface area contributed by atoms with Crippen LogP contribution in [0, 0.1) is 0 Å². The topological polar surface area (TPSA) is 42.2 Å². The lowest BCUT2D eigenvalue weighted by atomic mass is 9.91. The zero-order valence-corrected chi connectivity index (χ0v) is 26.2. The number of nitrogens with zero attached hydrogens (tertiary/aromatic N) is 3. The van der Waals surface area contributed by atoms with Crippen molar-refractivity contribution >= 4 is 44.2 Å². The molecule has 0 fully saturated rings. The van der Waals surface area contributed by atoms with Crippen molar-refractivity contribution in [3.8, 4) is 22.6 Å². The normalized spacial score (nSPS) is 14.4. The van der Waals surface area contributed by atoms with E-state index in [1.54, 1.807) is 0 Å². The van der Waals surface area contributed by atoms with Crippen LogP contribution in [0.5, 0.6) is 0 Å². The van der Waals surface area contributed by atoms with E-state index < -0.39 is 0 Å². The fourth-order valence-electron chi connectivity index (χ4n) is 6.91. The summed E-state index contributed by atoms with van der Waals surface area (Å²) >= 11 is 0. The first-order valence-electron chi connectivity index (χ1n) is 16.4. The number of anilines is 2. The number of rotatable bonds is 6. The minimum absolute atomic E-state index is 0.341. The Morgan fingerprint density at radius 1 is 0.625 bits per heavy atom. The number of aromatic nitrogens is 2. The standard InChI is InChI=1S/C44H31N3O/c1-4-14-30(15-5-1)31-24-26-34(27-25-31)47(33-18-8-3-9-19-33)39-29-28-37(43-41(39)36-21-11-13-23-40(36)48-43)44-45-38-22-12-10-20-35(38)42(46-44)32-16-6-2-7-17-32/h1-24,26-29,31H,25H2. The Balaban J connectivity index is 1.25. The van der Waals surface area contributed by atoms with Gasteiger partial charge in [0.1, 0.15) is 11.2 Å². The monoisotopic (exact) mass is 617 g/mol. The number of fused-ring (bicyclic) bond motifs is 4. The molecule has 1 atom stereocenters. The Hall–Kier alpha value is -6.26. The molecule has 228 valence electrons. The van der Waals surface area contributed by atoms with Crippen molar-refractivity contribution in [1.29, 1.82) is 0 Å². The van der Waals surface area contributed by atoms with E-state index in [-0.39, 0.29) is 0 Å². The number of hydrogen-bond acceptors (Lipinski definition) is 4. The highest BCUT2D eigenvalue weighted by Crippen LogP contribution is 2.45. The molecule has 6 aromatic carbocycles. The van der Waals surface area contributed by atoms with Crippen LogP contribution in [-0.4, -0.2) is 9.97 Å². The molecule has 0 amide bonds. The summed E-state index contributed by atoms with van der Waals surface area (Å²) in [7, 11) is 0. The maximum Gasteiger partial charge on any atom is 0.164 e. The number of para-hydroxylation sites is 3. The second kappa shape index (κ2) is 11.8. The summed E-state index contributed by atoms with van der Waals surface area (Å²) in [5.74, 6) is 0.977. The highest BCUT2D eigenvalue weighted by Gasteiger charge is 2.25. The first-order valence-corrected chi connectivity index (χ1v) is 16.4. The van der Waals surface area contributed by atoms with Crippen molar-refractivity contribution < 1.29 is 4.42 Å². The van der Waals surface area contributed by atoms with Crippen molar-refractivity contribution in [3.63, 3.8) is 0 Å². The molecule has 4 nitrogen and oxygen atoms in total. The Morgan fingerprint density at radius 2 is 1.31 bits per heavy atom. The molecule has 0 aliphatic heterocycles. The molecule has 1 unspecified atom stereocenters. The fraction of sp³-hybridized carbons (Fsp3) is 0.0455. The van der Waals surface area contributed by atoms with E-state index in [2.05, 4.69) is 132 Å². The van der Waals surface area contributed by atoms with E-state index in [9.17, 15) is 0 Å². The van der Waals surface area contributed by atoms with Crippen molar-refractivity contribution in [2.24, 2.45) is 0 Å². The lowest BCUT2D eigenvalue weighted by Crippen LogP contribution is -2.17. The van der Waals surface area contributed by atoms with Crippen LogP contribution in [0.25, 0.3) is 55.5 Å². The van der Waals surface area contributed by atoms with Crippen molar-refractivity contribution in [2.45, 2.75) is 12.3 Å². The molecule has 2 aromatic heterocycles. The lowest BCUT2D eigenvalue weighted by molar-refractivity contribution is 0.669. The number of benzene rings is 6. The number of allylic oxidation sites excluding steroid dienone is 3. The van der Waals surface area contributed by atoms with Crippen molar-refractivity contribution in [3.05, 3.63) is 181 Å². The average Bonchev–Trinajstić information content (AvgIpc) is 3.56. The van der Waals surface area contributed by atoms with Gasteiger partial charge in [-0.05, 0) is 54.5 Å². The molecule has 0 bridgehead atoms. The van der Waals surface area contributed by atoms with Gasteiger partial charge in [0.05, 0.1) is 27.8 Å². The highest BCUT2D eigenvalue weighted by molar-refractivity contribution is 6.16. The summed E-state index contributed by atoms with van der Waals surface area (Å²) in [6, 6.07) is 52.4. The van der Waals surface area contributed by atoms with E-state index in [1.807, 2.05) is 42.5 Å². The largest absolute Gasteiger partial charge is 0.455 e. The third kappa shape index (κ3) is 4.86. The van der Waals surface area contributed by atoms with Gasteiger partial charge in [-0.3, -0.25) is 0 Å². The molecule has 0 radical (unpaired) electrons. The summed E-state index contributed by atoms with van der Waals surface area (Å²) in [5.41, 5.74) is 9.89. The van der Waals surface area contributed by atoms with Crippen LogP contribution in [0.1, 0.15) is 17.9 Å². The average molecular weight is 618 g/mol. The van der Waals surface area contributed by atoms with Crippen LogP contribution in [-0.2, 0) is 0 Å². The molecule has 0 spiro atoms. The molecule has 48 heavy (non-hydrogen) atoms. The molecule has 0 N–H and O–H groups in total. The maximum absolute atomic E-state index is 6.74. The summed E-state index contributed by atoms with van der Waals surface area (Å²) in [4.78, 5) is 12.7. The van der Waals surface area contributed by atoms with Crippen LogP contribution in [0.15, 0.2) is 180 Å². The molecular formula is C44H31N3O. The first-order chi connectivity index (χ1) is 23.8. The van der Waals surface area contributed by atoms with Gasteiger partial charge in [0.2, 0.25) is 0 Å². The molecule has 1 aliphatic carbocycles. The maximum atomic E-state index is 6.74. The molecule has 0 saturated carbocycles. The first kappa shape index (κ1) is 28.0. The third-order valence-electron chi connectivity index (χ3n) is 9.22. The van der Waals surface area contributed by atoms with Crippen molar-refractivity contribution in [1.82, 2.24) is 9.97 Å². The van der Waals surface area contributed by atoms with Gasteiger partial charge in [-0.15, -0.1) is 0 Å². The van der Waals surface area contributed by atoms with Crippen LogP contribution < -0.4 is 4.90 Å². The predicted octanol–water partition coefficient (Wildman–Crippen LogP) is 11.6. The fourth-order valence-corrected chi connectivity index (χ4v) is 6.91. The van der Waals surface area contributed by atoms with Gasteiger partial charge in [0, 0.05) is 33.6 Å². The molecule has 0 saturated heterocycles. The molecule has 1 aliphatic rings. The summed E-state index contributed by atoms with van der Waals surface area (Å²) in [6.45, 7) is 0. The zero-order valence-electron chi connectivity index (χ0n) is 26.2. The van der Waals surface area contributed by atoms with Gasteiger partial charge in [0.25, 0.3) is 0 Å². The van der Waals surface area contributed by atoms with Gasteiger partial charge in [-0.1, -0.05) is 127 Å². The summed E-state index contributed by atoms with van der Waals surface area (Å²) < 4.78 is 6.74. The van der Waals surface area contributed by atoms with Gasteiger partial charge < -0.3 is 9.32 Å². The molecular weight excluding hydrogens is 587 g/mol. The van der Waals surface area contributed by atoms with E-state index >= 15 is 0 Å². The second-order valence-electron chi connectivity index (χ2n) is 12.1. The Bertz CT molecular complexity index is 2480. The quantitative estimate of drug-likeness (QED) is 0.186. The van der Waals surface area contributed by atoms with Gasteiger partial charge in [-0.25, -0.2) is 9.97 Å². The molecule has 8 aromatic rings. The Kier molecular flexibility index (Phi) is 6.90. The lowest BCUT2D eigenvalue weighted by Gasteiger charge is -2.30. The van der Waals surface area contributed by atoms with Gasteiger partial charge in [0.15, 0.2) is 5.82 Å². The highest BCUT2D eigenvalue weighted by atomic mass is 16.3. The van der Waals surface area contributed by atoms with Crippen LogP contribution >= 0.6 is 0 Å². The Labute approximate surface area is 279 Å². The van der Waals surface area contributed by atoms with E-state index in [4.69, 9.17) is 14.4 Å². The van der Waals surface area contributed by atoms with Gasteiger partial charge >= 0.3 is 0 Å². The summed E-state index contributed by atoms with van der Waals surface area (Å²) in [6.07, 6.45) is 7.85.